The smallest absolute Gasteiger partial charge is 0.236 e. The van der Waals surface area contributed by atoms with Crippen molar-refractivity contribution in [1.82, 2.24) is 20.4 Å². The van der Waals surface area contributed by atoms with Crippen LogP contribution in [0.5, 0.6) is 11.5 Å². The average molecular weight is 400 g/mol. The summed E-state index contributed by atoms with van der Waals surface area (Å²) in [5, 5.41) is 6.84. The maximum Gasteiger partial charge on any atom is 0.236 e. The van der Waals surface area contributed by atoms with E-state index in [0.29, 0.717) is 41.3 Å². The number of methoxy groups -OCH3 is 2. The highest BCUT2D eigenvalue weighted by Gasteiger charge is 2.12. The van der Waals surface area contributed by atoms with Crippen LogP contribution in [0.3, 0.4) is 0 Å². The van der Waals surface area contributed by atoms with Crippen LogP contribution in [-0.4, -0.2) is 41.0 Å². The number of carbonyl (C=O) groups excluding carboxylic acids is 1. The summed E-state index contributed by atoms with van der Waals surface area (Å²) in [5.41, 5.74) is 1.71. The fourth-order valence-electron chi connectivity index (χ4n) is 2.39. The second-order valence-corrected chi connectivity index (χ2v) is 6.70. The van der Waals surface area contributed by atoms with Gasteiger partial charge < -0.3 is 19.3 Å². The van der Waals surface area contributed by atoms with Crippen molar-refractivity contribution in [3.8, 4) is 22.9 Å². The molecule has 0 aliphatic rings. The van der Waals surface area contributed by atoms with Gasteiger partial charge in [0.15, 0.2) is 11.5 Å². The summed E-state index contributed by atoms with van der Waals surface area (Å²) >= 11 is 1.40. The molecule has 1 amide bonds. The number of thioether (sulfide) groups is 1. The van der Waals surface area contributed by atoms with E-state index in [2.05, 4.69) is 20.4 Å². The Labute approximate surface area is 166 Å². The first-order valence-electron chi connectivity index (χ1n) is 8.48. The molecule has 0 bridgehead atoms. The molecule has 2 aromatic heterocycles. The van der Waals surface area contributed by atoms with Crippen LogP contribution in [0, 0.1) is 0 Å². The number of benzene rings is 1. The van der Waals surface area contributed by atoms with Crippen molar-refractivity contribution in [2.45, 2.75) is 12.3 Å². The van der Waals surface area contributed by atoms with E-state index in [4.69, 9.17) is 14.0 Å². The van der Waals surface area contributed by atoms with Gasteiger partial charge in [0.1, 0.15) is 0 Å². The Morgan fingerprint density at radius 1 is 1.21 bits per heavy atom. The topological polar surface area (TPSA) is 99.4 Å². The van der Waals surface area contributed by atoms with Crippen molar-refractivity contribution in [3.63, 3.8) is 0 Å². The van der Waals surface area contributed by atoms with E-state index in [1.807, 2.05) is 18.2 Å². The number of carbonyl (C=O) groups is 1. The number of nitrogens with zero attached hydrogens (tertiary/aromatic N) is 3. The molecule has 1 aromatic carbocycles. The molecular weight excluding hydrogens is 380 g/mol. The predicted molar refractivity (Wildman–Crippen MR) is 105 cm³/mol. The molecule has 0 fully saturated rings. The van der Waals surface area contributed by atoms with Gasteiger partial charge in [-0.05, 0) is 29.8 Å². The zero-order chi connectivity index (χ0) is 19.8. The highest BCUT2D eigenvalue weighted by molar-refractivity contribution is 7.99. The standard InChI is InChI=1S/C19H20N4O4S/c1-25-15-6-5-14(8-16(15)26-2)19-22-18(27-23-19)12-28-11-17(24)21-10-13-4-3-7-20-9-13/h3-9H,10-12H2,1-2H3,(H,21,24). The van der Waals surface area contributed by atoms with E-state index < -0.39 is 0 Å². The molecular formula is C19H20N4O4S. The zero-order valence-corrected chi connectivity index (χ0v) is 16.4. The molecule has 0 aliphatic heterocycles. The van der Waals surface area contributed by atoms with E-state index in [1.165, 1.54) is 11.8 Å². The van der Waals surface area contributed by atoms with E-state index in [1.54, 1.807) is 38.7 Å². The Balaban J connectivity index is 1.49. The van der Waals surface area contributed by atoms with Gasteiger partial charge in [0.25, 0.3) is 0 Å². The van der Waals surface area contributed by atoms with Crippen molar-refractivity contribution in [1.29, 1.82) is 0 Å². The van der Waals surface area contributed by atoms with Crippen LogP contribution < -0.4 is 14.8 Å². The molecule has 1 N–H and O–H groups in total. The van der Waals surface area contributed by atoms with Crippen molar-refractivity contribution < 1.29 is 18.8 Å². The Morgan fingerprint density at radius 2 is 2.07 bits per heavy atom. The summed E-state index contributed by atoms with van der Waals surface area (Å²) in [7, 11) is 3.15. The maximum atomic E-state index is 11.9. The maximum absolute atomic E-state index is 11.9. The minimum Gasteiger partial charge on any atom is -0.493 e. The fourth-order valence-corrected chi connectivity index (χ4v) is 3.07. The Morgan fingerprint density at radius 3 is 2.82 bits per heavy atom. The Hall–Kier alpha value is -3.07. The minimum absolute atomic E-state index is 0.0616. The van der Waals surface area contributed by atoms with Crippen molar-refractivity contribution in [2.75, 3.05) is 20.0 Å². The SMILES string of the molecule is COc1ccc(-c2noc(CSCC(=O)NCc3cccnc3)n2)cc1OC. The van der Waals surface area contributed by atoms with E-state index in [9.17, 15) is 4.79 Å². The van der Waals surface area contributed by atoms with Crippen LogP contribution in [0.2, 0.25) is 0 Å². The van der Waals surface area contributed by atoms with Gasteiger partial charge in [0, 0.05) is 24.5 Å². The average Bonchev–Trinajstić information content (AvgIpc) is 3.21. The van der Waals surface area contributed by atoms with Crippen LogP contribution in [0.15, 0.2) is 47.2 Å². The molecule has 3 aromatic rings. The molecule has 0 saturated carbocycles. The van der Waals surface area contributed by atoms with Gasteiger partial charge >= 0.3 is 0 Å². The quantitative estimate of drug-likeness (QED) is 0.585. The summed E-state index contributed by atoms with van der Waals surface area (Å²) in [6.45, 7) is 0.456. The first-order chi connectivity index (χ1) is 13.7. The highest BCUT2D eigenvalue weighted by Crippen LogP contribution is 2.31. The second-order valence-electron chi connectivity index (χ2n) is 5.71. The zero-order valence-electron chi connectivity index (χ0n) is 15.5. The summed E-state index contributed by atoms with van der Waals surface area (Å²) in [4.78, 5) is 20.3. The number of ether oxygens (including phenoxy) is 2. The molecule has 2 heterocycles. The van der Waals surface area contributed by atoms with E-state index in [0.717, 1.165) is 11.1 Å². The van der Waals surface area contributed by atoms with Crippen LogP contribution in [0.1, 0.15) is 11.5 Å². The first kappa shape index (κ1) is 19.7. The summed E-state index contributed by atoms with van der Waals surface area (Å²) in [5.74, 6) is 2.81. The van der Waals surface area contributed by atoms with Crippen LogP contribution in [-0.2, 0) is 17.1 Å². The molecule has 28 heavy (non-hydrogen) atoms. The summed E-state index contributed by atoms with van der Waals surface area (Å²) in [6.07, 6.45) is 3.42. The van der Waals surface area contributed by atoms with Gasteiger partial charge in [-0.15, -0.1) is 11.8 Å². The van der Waals surface area contributed by atoms with Crippen LogP contribution in [0.4, 0.5) is 0 Å². The van der Waals surface area contributed by atoms with Gasteiger partial charge in [-0.1, -0.05) is 11.2 Å². The normalized spacial score (nSPS) is 10.5. The molecule has 0 spiro atoms. The third-order valence-electron chi connectivity index (χ3n) is 3.78. The number of pyridine rings is 1. The molecule has 0 unspecified atom stereocenters. The van der Waals surface area contributed by atoms with Gasteiger partial charge in [0.05, 0.1) is 25.7 Å². The number of nitrogens with one attached hydrogen (secondary N) is 1. The van der Waals surface area contributed by atoms with Gasteiger partial charge in [0.2, 0.25) is 17.6 Å². The molecule has 9 heteroatoms. The van der Waals surface area contributed by atoms with Gasteiger partial charge in [-0.2, -0.15) is 4.98 Å². The number of aromatic nitrogens is 3. The molecule has 0 atom stereocenters. The van der Waals surface area contributed by atoms with Crippen molar-refractivity contribution in [2.24, 2.45) is 0 Å². The second kappa shape index (κ2) is 9.75. The fraction of sp³-hybridized carbons (Fsp3) is 0.263. The first-order valence-corrected chi connectivity index (χ1v) is 9.63. The lowest BCUT2D eigenvalue weighted by Crippen LogP contribution is -2.24. The van der Waals surface area contributed by atoms with E-state index in [-0.39, 0.29) is 5.91 Å². The van der Waals surface area contributed by atoms with Crippen molar-refractivity contribution >= 4 is 17.7 Å². The number of amides is 1. The highest BCUT2D eigenvalue weighted by atomic mass is 32.2. The molecule has 0 saturated heterocycles. The molecule has 146 valence electrons. The molecule has 0 aliphatic carbocycles. The Kier molecular flexibility index (Phi) is 6.85. The number of rotatable bonds is 9. The minimum atomic E-state index is -0.0616. The predicted octanol–water partition coefficient (Wildman–Crippen LogP) is 2.70. The molecule has 8 nitrogen and oxygen atoms in total. The lowest BCUT2D eigenvalue weighted by Gasteiger charge is -2.07. The summed E-state index contributed by atoms with van der Waals surface area (Å²) < 4.78 is 15.8. The largest absolute Gasteiger partial charge is 0.493 e. The summed E-state index contributed by atoms with van der Waals surface area (Å²) in [6, 6.07) is 9.14. The lowest BCUT2D eigenvalue weighted by molar-refractivity contribution is -0.118. The van der Waals surface area contributed by atoms with Gasteiger partial charge in [-0.3, -0.25) is 9.78 Å². The number of hydrogen-bond donors (Lipinski definition) is 1. The molecule has 3 rings (SSSR count). The monoisotopic (exact) mass is 400 g/mol. The third kappa shape index (κ3) is 5.23. The number of hydrogen-bond acceptors (Lipinski definition) is 8. The van der Waals surface area contributed by atoms with E-state index >= 15 is 0 Å². The van der Waals surface area contributed by atoms with Crippen molar-refractivity contribution in [3.05, 3.63) is 54.2 Å². The third-order valence-corrected chi connectivity index (χ3v) is 4.70. The Bertz CT molecular complexity index is 917. The lowest BCUT2D eigenvalue weighted by atomic mass is 10.2. The van der Waals surface area contributed by atoms with Crippen LogP contribution >= 0.6 is 11.8 Å². The molecule has 0 radical (unpaired) electrons. The van der Waals surface area contributed by atoms with Gasteiger partial charge in [-0.25, -0.2) is 0 Å². The van der Waals surface area contributed by atoms with Crippen LogP contribution in [0.25, 0.3) is 11.4 Å².